The molecule has 2 heterocycles. The summed E-state index contributed by atoms with van der Waals surface area (Å²) in [4.78, 5) is 41.7. The molecule has 6 aliphatic rings. The van der Waals surface area contributed by atoms with Crippen LogP contribution in [0, 0.1) is 23.7 Å². The molecule has 6 fully saturated rings. The van der Waals surface area contributed by atoms with E-state index in [1.54, 1.807) is 9.80 Å². The molecule has 0 aromatic heterocycles. The summed E-state index contributed by atoms with van der Waals surface area (Å²) in [6.07, 6.45) is 9.74. The molecule has 4 aliphatic carbocycles. The van der Waals surface area contributed by atoms with E-state index in [0.717, 1.165) is 37.5 Å². The summed E-state index contributed by atoms with van der Waals surface area (Å²) >= 11 is 0. The van der Waals surface area contributed by atoms with Crippen LogP contribution in [0.15, 0.2) is 0 Å². The first-order chi connectivity index (χ1) is 13.5. The molecule has 2 aliphatic heterocycles. The van der Waals surface area contributed by atoms with Crippen LogP contribution < -0.4 is 5.32 Å². The first-order valence-electron chi connectivity index (χ1n) is 11.4. The average molecular weight is 388 g/mol. The van der Waals surface area contributed by atoms with Crippen LogP contribution in [-0.4, -0.2) is 58.7 Å². The van der Waals surface area contributed by atoms with Gasteiger partial charge in [0.25, 0.3) is 0 Å². The van der Waals surface area contributed by atoms with E-state index in [-0.39, 0.29) is 29.8 Å². The Labute approximate surface area is 167 Å². The second-order valence-corrected chi connectivity index (χ2v) is 10.0. The molecule has 0 aromatic rings. The van der Waals surface area contributed by atoms with E-state index in [1.165, 1.54) is 39.0 Å². The number of hydrogen-bond donors (Lipinski definition) is 1. The topological polar surface area (TPSA) is 69.7 Å². The lowest BCUT2D eigenvalue weighted by Crippen LogP contribution is -2.59. The Hall–Kier alpha value is -1.59. The van der Waals surface area contributed by atoms with Gasteiger partial charge in [0.15, 0.2) is 0 Å². The van der Waals surface area contributed by atoms with Crippen molar-refractivity contribution in [2.45, 2.75) is 82.8 Å². The molecule has 0 unspecified atom stereocenters. The van der Waals surface area contributed by atoms with Crippen LogP contribution >= 0.6 is 0 Å². The first kappa shape index (κ1) is 18.4. The van der Waals surface area contributed by atoms with Crippen molar-refractivity contribution in [3.05, 3.63) is 0 Å². The van der Waals surface area contributed by atoms with E-state index in [1.807, 2.05) is 0 Å². The molecule has 28 heavy (non-hydrogen) atoms. The van der Waals surface area contributed by atoms with Crippen LogP contribution in [0.4, 0.5) is 0 Å². The van der Waals surface area contributed by atoms with Gasteiger partial charge in [-0.1, -0.05) is 0 Å². The molecule has 3 amide bonds. The summed E-state index contributed by atoms with van der Waals surface area (Å²) in [5.74, 6) is 3.07. The number of carbonyl (C=O) groups is 3. The summed E-state index contributed by atoms with van der Waals surface area (Å²) in [5.41, 5.74) is 0. The minimum atomic E-state index is -0.368. The summed E-state index contributed by atoms with van der Waals surface area (Å²) in [6.45, 7) is 2.83. The largest absolute Gasteiger partial charge is 0.351 e. The van der Waals surface area contributed by atoms with Crippen LogP contribution in [-0.2, 0) is 14.4 Å². The fourth-order valence-corrected chi connectivity index (χ4v) is 7.32. The fraction of sp³-hybridized carbons (Fsp3) is 0.864. The molecule has 2 saturated heterocycles. The highest BCUT2D eigenvalue weighted by Crippen LogP contribution is 2.53. The van der Waals surface area contributed by atoms with Crippen LogP contribution in [0.1, 0.15) is 64.7 Å². The number of rotatable bonds is 3. The highest BCUT2D eigenvalue weighted by Gasteiger charge is 2.49. The first-order valence-corrected chi connectivity index (χ1v) is 11.4. The Bertz CT molecular complexity index is 650. The quantitative estimate of drug-likeness (QED) is 0.804. The van der Waals surface area contributed by atoms with E-state index in [9.17, 15) is 14.4 Å². The third-order valence-corrected chi connectivity index (χ3v) is 8.32. The van der Waals surface area contributed by atoms with Gasteiger partial charge in [-0.05, 0) is 81.5 Å². The fourth-order valence-electron chi connectivity index (χ4n) is 7.32. The Morgan fingerprint density at radius 1 is 0.786 bits per heavy atom. The Morgan fingerprint density at radius 2 is 1.36 bits per heavy atom. The SMILES string of the molecule is CC(=O)N1CCC[C@H]1C(=O)N1CCC[C@@H]1C(=O)NC1C2CC3CC(C2)CC1C3. The van der Waals surface area contributed by atoms with Gasteiger partial charge in [0, 0.05) is 26.1 Å². The molecule has 0 radical (unpaired) electrons. The number of nitrogens with one attached hydrogen (secondary N) is 1. The maximum absolute atomic E-state index is 13.2. The van der Waals surface area contributed by atoms with Gasteiger partial charge in [-0.3, -0.25) is 14.4 Å². The predicted octanol–water partition coefficient (Wildman–Crippen LogP) is 1.93. The highest BCUT2D eigenvalue weighted by atomic mass is 16.2. The number of amides is 3. The second kappa shape index (κ2) is 7.03. The maximum Gasteiger partial charge on any atom is 0.246 e. The number of carbonyl (C=O) groups excluding carboxylic acids is 3. The van der Waals surface area contributed by atoms with E-state index in [0.29, 0.717) is 31.0 Å². The summed E-state index contributed by atoms with van der Waals surface area (Å²) in [6, 6.07) is -0.399. The van der Waals surface area contributed by atoms with Crippen molar-refractivity contribution in [1.29, 1.82) is 0 Å². The van der Waals surface area contributed by atoms with E-state index in [2.05, 4.69) is 5.32 Å². The van der Waals surface area contributed by atoms with Crippen molar-refractivity contribution in [2.75, 3.05) is 13.1 Å². The van der Waals surface area contributed by atoms with Gasteiger partial charge in [0.1, 0.15) is 12.1 Å². The van der Waals surface area contributed by atoms with Crippen molar-refractivity contribution in [3.8, 4) is 0 Å². The monoisotopic (exact) mass is 387 g/mol. The molecule has 4 saturated carbocycles. The minimum Gasteiger partial charge on any atom is -0.351 e. The van der Waals surface area contributed by atoms with Crippen molar-refractivity contribution >= 4 is 17.7 Å². The predicted molar refractivity (Wildman–Crippen MR) is 104 cm³/mol. The summed E-state index contributed by atoms with van der Waals surface area (Å²) in [7, 11) is 0. The summed E-state index contributed by atoms with van der Waals surface area (Å²) in [5, 5.41) is 3.40. The van der Waals surface area contributed by atoms with Crippen molar-refractivity contribution in [3.63, 3.8) is 0 Å². The van der Waals surface area contributed by atoms with Crippen LogP contribution in [0.3, 0.4) is 0 Å². The van der Waals surface area contributed by atoms with E-state index >= 15 is 0 Å². The molecule has 6 heteroatoms. The zero-order valence-electron chi connectivity index (χ0n) is 16.9. The zero-order chi connectivity index (χ0) is 19.4. The van der Waals surface area contributed by atoms with Crippen molar-refractivity contribution in [1.82, 2.24) is 15.1 Å². The van der Waals surface area contributed by atoms with Gasteiger partial charge in [-0.2, -0.15) is 0 Å². The third kappa shape index (κ3) is 3.03. The minimum absolute atomic E-state index is 0.0181. The zero-order valence-corrected chi connectivity index (χ0v) is 16.9. The Morgan fingerprint density at radius 3 is 1.96 bits per heavy atom. The summed E-state index contributed by atoms with van der Waals surface area (Å²) < 4.78 is 0. The van der Waals surface area contributed by atoms with Gasteiger partial charge in [0.2, 0.25) is 17.7 Å². The Balaban J connectivity index is 1.26. The molecule has 4 bridgehead atoms. The van der Waals surface area contributed by atoms with Crippen molar-refractivity contribution < 1.29 is 14.4 Å². The normalized spacial score (nSPS) is 41.5. The van der Waals surface area contributed by atoms with Crippen molar-refractivity contribution in [2.24, 2.45) is 23.7 Å². The molecule has 0 spiro atoms. The van der Waals surface area contributed by atoms with E-state index < -0.39 is 0 Å². The maximum atomic E-state index is 13.2. The third-order valence-electron chi connectivity index (χ3n) is 8.32. The lowest BCUT2D eigenvalue weighted by atomic mass is 9.54. The van der Waals surface area contributed by atoms with Gasteiger partial charge in [0.05, 0.1) is 0 Å². The smallest absolute Gasteiger partial charge is 0.246 e. The van der Waals surface area contributed by atoms with Gasteiger partial charge < -0.3 is 15.1 Å². The van der Waals surface area contributed by atoms with Gasteiger partial charge in [-0.15, -0.1) is 0 Å². The second-order valence-electron chi connectivity index (χ2n) is 10.0. The molecular formula is C22H33N3O3. The highest BCUT2D eigenvalue weighted by molar-refractivity contribution is 5.92. The van der Waals surface area contributed by atoms with E-state index in [4.69, 9.17) is 0 Å². The molecular weight excluding hydrogens is 354 g/mol. The molecule has 2 atom stereocenters. The van der Waals surface area contributed by atoms with Crippen LogP contribution in [0.5, 0.6) is 0 Å². The van der Waals surface area contributed by atoms with Gasteiger partial charge >= 0.3 is 0 Å². The molecule has 6 nitrogen and oxygen atoms in total. The standard InChI is InChI=1S/C22H33N3O3/c1-13(26)24-6-3-5-19(24)22(28)25-7-2-4-18(25)21(27)23-20-16-9-14-8-15(11-16)12-17(20)10-14/h14-20H,2-12H2,1H3,(H,23,27)/t14?,15?,16?,17?,18-,19+,20?/m1/s1. The molecule has 154 valence electrons. The van der Waals surface area contributed by atoms with Crippen LogP contribution in [0.2, 0.25) is 0 Å². The molecule has 6 rings (SSSR count). The van der Waals surface area contributed by atoms with Crippen LogP contribution in [0.25, 0.3) is 0 Å². The number of nitrogens with zero attached hydrogens (tertiary/aromatic N) is 2. The lowest BCUT2D eigenvalue weighted by Gasteiger charge is -2.54. The number of hydrogen-bond acceptors (Lipinski definition) is 3. The number of likely N-dealkylation sites (tertiary alicyclic amines) is 2. The molecule has 1 N–H and O–H groups in total. The van der Waals surface area contributed by atoms with Gasteiger partial charge in [-0.25, -0.2) is 0 Å². The Kier molecular flexibility index (Phi) is 4.63. The molecule has 0 aromatic carbocycles. The average Bonchev–Trinajstić information content (AvgIpc) is 3.32. The lowest BCUT2D eigenvalue weighted by molar-refractivity contribution is -0.146.